The predicted molar refractivity (Wildman–Crippen MR) is 83.3 cm³/mol. The van der Waals surface area contributed by atoms with Crippen LogP contribution in [0.2, 0.25) is 0 Å². The first-order valence-electron chi connectivity index (χ1n) is 7.22. The molecule has 1 unspecified atom stereocenters. The van der Waals surface area contributed by atoms with Gasteiger partial charge in [-0.2, -0.15) is 0 Å². The van der Waals surface area contributed by atoms with E-state index in [1.165, 1.54) is 0 Å². The molecule has 1 aromatic rings. The molecule has 1 aliphatic heterocycles. The zero-order valence-electron chi connectivity index (χ0n) is 13.7. The highest BCUT2D eigenvalue weighted by Gasteiger charge is 2.56. The Morgan fingerprint density at radius 1 is 1.30 bits per heavy atom. The molecule has 0 saturated carbocycles. The van der Waals surface area contributed by atoms with Gasteiger partial charge in [-0.05, 0) is 27.7 Å². The summed E-state index contributed by atoms with van der Waals surface area (Å²) in [6, 6.07) is 0. The van der Waals surface area contributed by atoms with Gasteiger partial charge in [0, 0.05) is 23.6 Å². The van der Waals surface area contributed by atoms with Crippen LogP contribution in [-0.4, -0.2) is 26.9 Å². The molecular formula is C16H27NO2S. The average Bonchev–Trinajstić information content (AvgIpc) is 2.66. The maximum absolute atomic E-state index is 11.1. The van der Waals surface area contributed by atoms with Crippen LogP contribution in [0.25, 0.3) is 0 Å². The lowest BCUT2D eigenvalue weighted by molar-refractivity contribution is -0.125. The predicted octanol–water partition coefficient (Wildman–Crippen LogP) is 3.69. The molecular weight excluding hydrogens is 270 g/mol. The quantitative estimate of drug-likeness (QED) is 0.905. The van der Waals surface area contributed by atoms with Gasteiger partial charge in [-0.3, -0.25) is 0 Å². The summed E-state index contributed by atoms with van der Waals surface area (Å²) in [4.78, 5) is 4.71. The molecule has 1 N–H and O–H groups in total. The minimum atomic E-state index is -0.858. The first kappa shape index (κ1) is 15.9. The summed E-state index contributed by atoms with van der Waals surface area (Å²) in [5.41, 5.74) is -0.550. The molecule has 1 aliphatic rings. The monoisotopic (exact) mass is 297 g/mol. The molecule has 0 aliphatic carbocycles. The minimum absolute atomic E-state index is 0.0539. The summed E-state index contributed by atoms with van der Waals surface area (Å²) < 4.78 is 6.02. The van der Waals surface area contributed by atoms with Gasteiger partial charge in [-0.25, -0.2) is 4.98 Å². The summed E-state index contributed by atoms with van der Waals surface area (Å²) in [5, 5.41) is 14.2. The topological polar surface area (TPSA) is 42.4 Å². The van der Waals surface area contributed by atoms with Gasteiger partial charge >= 0.3 is 0 Å². The van der Waals surface area contributed by atoms with Gasteiger partial charge in [0.25, 0.3) is 0 Å². The Hall–Kier alpha value is -0.450. The minimum Gasteiger partial charge on any atom is -0.386 e. The van der Waals surface area contributed by atoms with Crippen LogP contribution in [0, 0.1) is 0 Å². The van der Waals surface area contributed by atoms with Crippen molar-refractivity contribution in [1.29, 1.82) is 0 Å². The third kappa shape index (κ3) is 2.92. The second-order valence-corrected chi connectivity index (χ2v) is 9.08. The molecule has 20 heavy (non-hydrogen) atoms. The van der Waals surface area contributed by atoms with Gasteiger partial charge in [-0.1, -0.05) is 20.8 Å². The molecule has 1 aromatic heterocycles. The number of hydrogen-bond acceptors (Lipinski definition) is 4. The normalized spacial score (nSPS) is 28.8. The second kappa shape index (κ2) is 4.52. The van der Waals surface area contributed by atoms with Gasteiger partial charge < -0.3 is 9.84 Å². The highest BCUT2D eigenvalue weighted by molar-refractivity contribution is 7.09. The van der Waals surface area contributed by atoms with Gasteiger partial charge in [-0.15, -0.1) is 11.3 Å². The lowest BCUT2D eigenvalue weighted by Crippen LogP contribution is -2.48. The second-order valence-electron chi connectivity index (χ2n) is 8.13. The number of ether oxygens (including phenoxy) is 1. The van der Waals surface area contributed by atoms with Crippen molar-refractivity contribution in [3.05, 3.63) is 16.1 Å². The molecule has 1 saturated heterocycles. The van der Waals surface area contributed by atoms with Crippen molar-refractivity contribution in [3.8, 4) is 0 Å². The Morgan fingerprint density at radius 2 is 1.90 bits per heavy atom. The van der Waals surface area contributed by atoms with Crippen LogP contribution >= 0.6 is 11.3 Å². The van der Waals surface area contributed by atoms with E-state index < -0.39 is 11.2 Å². The van der Waals surface area contributed by atoms with Crippen molar-refractivity contribution in [2.75, 3.05) is 0 Å². The maximum Gasteiger partial charge on any atom is 0.102 e. The van der Waals surface area contributed by atoms with E-state index in [1.54, 1.807) is 11.3 Å². The standard InChI is InChI=1S/C16H27NO2S/c1-13(2,3)11-9-20-12(17-11)8-16(18)10-14(4,5)19-15(16,6)7/h9,18H,8,10H2,1-7H3. The van der Waals surface area contributed by atoms with E-state index in [4.69, 9.17) is 9.72 Å². The van der Waals surface area contributed by atoms with E-state index in [0.29, 0.717) is 12.8 Å². The molecule has 0 spiro atoms. The van der Waals surface area contributed by atoms with Crippen LogP contribution in [0.3, 0.4) is 0 Å². The highest BCUT2D eigenvalue weighted by atomic mass is 32.1. The average molecular weight is 297 g/mol. The van der Waals surface area contributed by atoms with Gasteiger partial charge in [0.05, 0.1) is 21.9 Å². The molecule has 1 fully saturated rings. The van der Waals surface area contributed by atoms with Gasteiger partial charge in [0.15, 0.2) is 0 Å². The molecule has 2 heterocycles. The fourth-order valence-corrected chi connectivity index (χ4v) is 4.13. The first-order valence-corrected chi connectivity index (χ1v) is 8.10. The molecule has 0 amide bonds. The zero-order valence-corrected chi connectivity index (χ0v) is 14.5. The Kier molecular flexibility index (Phi) is 3.60. The van der Waals surface area contributed by atoms with Crippen molar-refractivity contribution in [2.24, 2.45) is 0 Å². The number of aliphatic hydroxyl groups is 1. The lowest BCUT2D eigenvalue weighted by Gasteiger charge is -2.34. The Balaban J connectivity index is 2.23. The number of thiazole rings is 1. The third-order valence-electron chi connectivity index (χ3n) is 4.13. The van der Waals surface area contributed by atoms with Crippen LogP contribution in [0.15, 0.2) is 5.38 Å². The summed E-state index contributed by atoms with van der Waals surface area (Å²) in [6.07, 6.45) is 1.20. The van der Waals surface area contributed by atoms with E-state index in [0.717, 1.165) is 10.7 Å². The van der Waals surface area contributed by atoms with Crippen LogP contribution < -0.4 is 0 Å². The van der Waals surface area contributed by atoms with E-state index in [-0.39, 0.29) is 11.0 Å². The molecule has 0 aromatic carbocycles. The van der Waals surface area contributed by atoms with E-state index in [9.17, 15) is 5.11 Å². The van der Waals surface area contributed by atoms with Gasteiger partial charge in [0.2, 0.25) is 0 Å². The molecule has 0 radical (unpaired) electrons. The number of nitrogens with zero attached hydrogens (tertiary/aromatic N) is 1. The van der Waals surface area contributed by atoms with E-state index in [1.807, 2.05) is 27.7 Å². The highest BCUT2D eigenvalue weighted by Crippen LogP contribution is 2.46. The number of aromatic nitrogens is 1. The zero-order chi connectivity index (χ0) is 15.4. The summed E-state index contributed by atoms with van der Waals surface area (Å²) in [5.74, 6) is 0. The summed E-state index contributed by atoms with van der Waals surface area (Å²) in [6.45, 7) is 14.5. The van der Waals surface area contributed by atoms with Crippen LogP contribution in [0.1, 0.15) is 65.6 Å². The van der Waals surface area contributed by atoms with Crippen molar-refractivity contribution in [3.63, 3.8) is 0 Å². The fourth-order valence-electron chi connectivity index (χ4n) is 3.00. The van der Waals surface area contributed by atoms with Crippen molar-refractivity contribution >= 4 is 11.3 Å². The van der Waals surface area contributed by atoms with Crippen molar-refractivity contribution in [2.45, 2.75) is 83.5 Å². The van der Waals surface area contributed by atoms with Crippen molar-refractivity contribution in [1.82, 2.24) is 4.98 Å². The third-order valence-corrected chi connectivity index (χ3v) is 4.98. The Morgan fingerprint density at radius 3 is 2.30 bits per heavy atom. The Bertz CT molecular complexity index is 499. The van der Waals surface area contributed by atoms with E-state index in [2.05, 4.69) is 26.2 Å². The fraction of sp³-hybridized carbons (Fsp3) is 0.812. The van der Waals surface area contributed by atoms with Crippen LogP contribution in [0.5, 0.6) is 0 Å². The SMILES string of the molecule is CC1(C)CC(O)(Cc2nc(C(C)(C)C)cs2)C(C)(C)O1. The summed E-state index contributed by atoms with van der Waals surface area (Å²) >= 11 is 1.64. The molecule has 114 valence electrons. The summed E-state index contributed by atoms with van der Waals surface area (Å²) in [7, 11) is 0. The first-order chi connectivity index (χ1) is 8.85. The van der Waals surface area contributed by atoms with Crippen molar-refractivity contribution < 1.29 is 9.84 Å². The Labute approximate surface area is 126 Å². The largest absolute Gasteiger partial charge is 0.386 e. The molecule has 0 bridgehead atoms. The van der Waals surface area contributed by atoms with Gasteiger partial charge in [0.1, 0.15) is 5.60 Å². The smallest absolute Gasteiger partial charge is 0.102 e. The number of hydrogen-bond donors (Lipinski definition) is 1. The number of rotatable bonds is 2. The molecule has 4 heteroatoms. The molecule has 3 nitrogen and oxygen atoms in total. The lowest BCUT2D eigenvalue weighted by atomic mass is 9.80. The molecule has 1 atom stereocenters. The molecule has 2 rings (SSSR count). The van der Waals surface area contributed by atoms with E-state index >= 15 is 0 Å². The maximum atomic E-state index is 11.1. The van der Waals surface area contributed by atoms with Crippen LogP contribution in [0.4, 0.5) is 0 Å². The van der Waals surface area contributed by atoms with Crippen LogP contribution in [-0.2, 0) is 16.6 Å².